The van der Waals surface area contributed by atoms with E-state index in [9.17, 15) is 14.0 Å². The molecule has 0 N–H and O–H groups in total. The van der Waals surface area contributed by atoms with Gasteiger partial charge in [-0.05, 0) is 39.7 Å². The van der Waals surface area contributed by atoms with Crippen molar-refractivity contribution >= 4 is 27.8 Å². The zero-order valence-electron chi connectivity index (χ0n) is 12.5. The maximum Gasteiger partial charge on any atom is 0.325 e. The molecule has 0 saturated heterocycles. The largest absolute Gasteiger partial charge is 0.468 e. The highest BCUT2D eigenvalue weighted by molar-refractivity contribution is 9.10. The number of amides is 1. The molecule has 0 unspecified atom stereocenters. The zero-order valence-corrected chi connectivity index (χ0v) is 14.0. The lowest BCUT2D eigenvalue weighted by Gasteiger charge is -2.22. The van der Waals surface area contributed by atoms with Gasteiger partial charge in [0.2, 0.25) is 0 Å². The molecule has 0 fully saturated rings. The Bertz CT molecular complexity index is 706. The lowest BCUT2D eigenvalue weighted by Crippen LogP contribution is -2.36. The number of carbonyl (C=O) groups is 2. The number of hydrogen-bond donors (Lipinski definition) is 0. The molecular formula is C17H15BrFNO3. The molecule has 120 valence electrons. The molecular weight excluding hydrogens is 365 g/mol. The molecule has 0 radical (unpaired) electrons. The third-order valence-corrected chi connectivity index (χ3v) is 3.90. The van der Waals surface area contributed by atoms with Crippen LogP contribution in [0.25, 0.3) is 0 Å². The second kappa shape index (κ2) is 7.87. The molecule has 0 atom stereocenters. The molecule has 2 rings (SSSR count). The number of rotatable bonds is 5. The topological polar surface area (TPSA) is 46.6 Å². The number of carbonyl (C=O) groups excluding carboxylic acids is 2. The summed E-state index contributed by atoms with van der Waals surface area (Å²) in [5.74, 6) is -1.51. The van der Waals surface area contributed by atoms with E-state index in [1.807, 2.05) is 30.3 Å². The minimum Gasteiger partial charge on any atom is -0.468 e. The maximum absolute atomic E-state index is 13.4. The number of hydrogen-bond acceptors (Lipinski definition) is 3. The smallest absolute Gasteiger partial charge is 0.325 e. The van der Waals surface area contributed by atoms with Crippen LogP contribution < -0.4 is 0 Å². The Morgan fingerprint density at radius 2 is 1.87 bits per heavy atom. The van der Waals surface area contributed by atoms with E-state index in [-0.39, 0.29) is 18.7 Å². The molecule has 2 aromatic rings. The van der Waals surface area contributed by atoms with Gasteiger partial charge in [0.05, 0.1) is 12.7 Å². The van der Waals surface area contributed by atoms with Crippen LogP contribution in [-0.4, -0.2) is 30.4 Å². The van der Waals surface area contributed by atoms with E-state index in [1.54, 1.807) is 0 Å². The number of esters is 1. The Labute approximate surface area is 142 Å². The van der Waals surface area contributed by atoms with Gasteiger partial charge in [-0.2, -0.15) is 0 Å². The predicted molar refractivity (Wildman–Crippen MR) is 87.3 cm³/mol. The number of nitrogens with zero attached hydrogens (tertiary/aromatic N) is 1. The van der Waals surface area contributed by atoms with E-state index in [0.717, 1.165) is 11.6 Å². The number of benzene rings is 2. The molecule has 0 aliphatic heterocycles. The fourth-order valence-corrected chi connectivity index (χ4v) is 2.47. The molecule has 2 aromatic carbocycles. The van der Waals surface area contributed by atoms with E-state index in [0.29, 0.717) is 4.47 Å². The molecule has 0 bridgehead atoms. The molecule has 0 heterocycles. The van der Waals surface area contributed by atoms with Crippen molar-refractivity contribution in [1.29, 1.82) is 0 Å². The zero-order chi connectivity index (χ0) is 16.8. The Hall–Kier alpha value is -2.21. The summed E-state index contributed by atoms with van der Waals surface area (Å²) in [7, 11) is 1.26. The predicted octanol–water partition coefficient (Wildman–Crippen LogP) is 3.40. The summed E-state index contributed by atoms with van der Waals surface area (Å²) in [4.78, 5) is 25.6. The first kappa shape index (κ1) is 17.1. The van der Waals surface area contributed by atoms with Crippen molar-refractivity contribution in [3.05, 3.63) is 69.9 Å². The minimum atomic E-state index is -0.540. The summed E-state index contributed by atoms with van der Waals surface area (Å²) in [6.45, 7) is 0.00487. The first-order chi connectivity index (χ1) is 11.0. The highest BCUT2D eigenvalue weighted by atomic mass is 79.9. The Kier molecular flexibility index (Phi) is 5.87. The first-order valence-corrected chi connectivity index (χ1v) is 7.65. The summed E-state index contributed by atoms with van der Waals surface area (Å²) < 4.78 is 18.5. The third-order valence-electron chi connectivity index (χ3n) is 3.21. The van der Waals surface area contributed by atoms with Crippen LogP contribution in [0.5, 0.6) is 0 Å². The molecule has 0 aromatic heterocycles. The molecule has 0 aliphatic rings. The fourth-order valence-electron chi connectivity index (χ4n) is 2.06. The normalized spacial score (nSPS) is 10.2. The molecule has 6 heteroatoms. The second-order valence-electron chi connectivity index (χ2n) is 4.85. The van der Waals surface area contributed by atoms with Crippen LogP contribution in [0.2, 0.25) is 0 Å². The average molecular weight is 380 g/mol. The Morgan fingerprint density at radius 3 is 2.52 bits per heavy atom. The van der Waals surface area contributed by atoms with Crippen LogP contribution in [0.3, 0.4) is 0 Å². The molecule has 0 spiro atoms. The van der Waals surface area contributed by atoms with Gasteiger partial charge in [0.25, 0.3) is 5.91 Å². The van der Waals surface area contributed by atoms with E-state index in [4.69, 9.17) is 0 Å². The standard InChI is InChI=1S/C17H15BrFNO3/c1-23-16(21)11-20(10-12-5-3-2-4-6-12)17(22)14-9-13(19)7-8-15(14)18/h2-9H,10-11H2,1H3. The quantitative estimate of drug-likeness (QED) is 0.747. The van der Waals surface area contributed by atoms with Gasteiger partial charge in [0.1, 0.15) is 12.4 Å². The molecule has 0 saturated carbocycles. The monoisotopic (exact) mass is 379 g/mol. The van der Waals surface area contributed by atoms with Gasteiger partial charge in [-0.25, -0.2) is 4.39 Å². The van der Waals surface area contributed by atoms with E-state index >= 15 is 0 Å². The lowest BCUT2D eigenvalue weighted by molar-refractivity contribution is -0.141. The summed E-state index contributed by atoms with van der Waals surface area (Å²) in [5, 5.41) is 0. The fraction of sp³-hybridized carbons (Fsp3) is 0.176. The van der Waals surface area contributed by atoms with E-state index in [1.165, 1.54) is 24.1 Å². The maximum atomic E-state index is 13.4. The van der Waals surface area contributed by atoms with Crippen molar-refractivity contribution in [2.24, 2.45) is 0 Å². The highest BCUT2D eigenvalue weighted by Crippen LogP contribution is 2.20. The van der Waals surface area contributed by atoms with Crippen molar-refractivity contribution in [3.63, 3.8) is 0 Å². The minimum absolute atomic E-state index is 0.157. The molecule has 1 amide bonds. The summed E-state index contributed by atoms with van der Waals surface area (Å²) in [5.41, 5.74) is 1.02. The molecule has 23 heavy (non-hydrogen) atoms. The van der Waals surface area contributed by atoms with Crippen LogP contribution >= 0.6 is 15.9 Å². The SMILES string of the molecule is COC(=O)CN(Cc1ccccc1)C(=O)c1cc(F)ccc1Br. The van der Waals surface area contributed by atoms with Gasteiger partial charge < -0.3 is 9.64 Å². The van der Waals surface area contributed by atoms with Gasteiger partial charge in [-0.1, -0.05) is 30.3 Å². The van der Waals surface area contributed by atoms with Crippen LogP contribution in [-0.2, 0) is 16.1 Å². The Balaban J connectivity index is 2.30. The van der Waals surface area contributed by atoms with Crippen LogP contribution in [0.15, 0.2) is 53.0 Å². The van der Waals surface area contributed by atoms with Crippen molar-refractivity contribution in [3.8, 4) is 0 Å². The van der Waals surface area contributed by atoms with Crippen molar-refractivity contribution in [2.75, 3.05) is 13.7 Å². The third kappa shape index (κ3) is 4.63. The lowest BCUT2D eigenvalue weighted by atomic mass is 10.1. The van der Waals surface area contributed by atoms with Gasteiger partial charge in [0.15, 0.2) is 0 Å². The van der Waals surface area contributed by atoms with Crippen LogP contribution in [0, 0.1) is 5.82 Å². The number of ether oxygens (including phenoxy) is 1. The summed E-state index contributed by atoms with van der Waals surface area (Å²) in [6, 6.07) is 13.1. The highest BCUT2D eigenvalue weighted by Gasteiger charge is 2.22. The van der Waals surface area contributed by atoms with Gasteiger partial charge in [-0.3, -0.25) is 9.59 Å². The van der Waals surface area contributed by atoms with Crippen LogP contribution in [0.4, 0.5) is 4.39 Å². The summed E-state index contributed by atoms with van der Waals surface area (Å²) in [6.07, 6.45) is 0. The molecule has 4 nitrogen and oxygen atoms in total. The van der Waals surface area contributed by atoms with Gasteiger partial charge in [0, 0.05) is 11.0 Å². The average Bonchev–Trinajstić information content (AvgIpc) is 2.56. The van der Waals surface area contributed by atoms with Crippen molar-refractivity contribution in [1.82, 2.24) is 4.90 Å². The Morgan fingerprint density at radius 1 is 1.17 bits per heavy atom. The summed E-state index contributed by atoms with van der Waals surface area (Å²) >= 11 is 3.24. The first-order valence-electron chi connectivity index (χ1n) is 6.86. The molecule has 0 aliphatic carbocycles. The second-order valence-corrected chi connectivity index (χ2v) is 5.70. The van der Waals surface area contributed by atoms with Gasteiger partial charge >= 0.3 is 5.97 Å². The van der Waals surface area contributed by atoms with Gasteiger partial charge in [-0.15, -0.1) is 0 Å². The van der Waals surface area contributed by atoms with Crippen molar-refractivity contribution < 1.29 is 18.7 Å². The van der Waals surface area contributed by atoms with E-state index < -0.39 is 17.7 Å². The van der Waals surface area contributed by atoms with Crippen molar-refractivity contribution in [2.45, 2.75) is 6.54 Å². The number of methoxy groups -OCH3 is 1. The van der Waals surface area contributed by atoms with E-state index in [2.05, 4.69) is 20.7 Å². The number of halogens is 2. The van der Waals surface area contributed by atoms with Crippen LogP contribution in [0.1, 0.15) is 15.9 Å².